The number of amides is 1. The van der Waals surface area contributed by atoms with Gasteiger partial charge in [-0.1, -0.05) is 0 Å². The molecule has 9 nitrogen and oxygen atoms in total. The molecule has 0 spiro atoms. The van der Waals surface area contributed by atoms with Crippen molar-refractivity contribution in [3.05, 3.63) is 39.0 Å². The minimum atomic E-state index is -4.64. The minimum Gasteiger partial charge on any atom is -0.349 e. The fraction of sp³-hybridized carbons (Fsp3) is 0.462. The number of nitro groups is 1. The van der Waals surface area contributed by atoms with Crippen molar-refractivity contribution in [2.45, 2.75) is 26.6 Å². The van der Waals surface area contributed by atoms with E-state index in [4.69, 9.17) is 0 Å². The van der Waals surface area contributed by atoms with Crippen LogP contribution in [0.4, 0.5) is 18.9 Å². The molecule has 25 heavy (non-hydrogen) atoms. The van der Waals surface area contributed by atoms with Gasteiger partial charge in [-0.25, -0.2) is 0 Å². The topological polar surface area (TPSA) is 108 Å². The Morgan fingerprint density at radius 1 is 1.36 bits per heavy atom. The van der Waals surface area contributed by atoms with Crippen molar-refractivity contribution in [3.63, 3.8) is 0 Å². The van der Waals surface area contributed by atoms with E-state index in [1.165, 1.54) is 25.6 Å². The molecule has 0 unspecified atom stereocenters. The molecule has 2 aromatic heterocycles. The predicted octanol–water partition coefficient (Wildman–Crippen LogP) is 1.59. The van der Waals surface area contributed by atoms with Gasteiger partial charge in [0.1, 0.15) is 17.1 Å². The van der Waals surface area contributed by atoms with Gasteiger partial charge in [0.25, 0.3) is 5.91 Å². The Hall–Kier alpha value is -2.92. The van der Waals surface area contributed by atoms with Gasteiger partial charge < -0.3 is 5.32 Å². The summed E-state index contributed by atoms with van der Waals surface area (Å²) in [5, 5.41) is 20.6. The summed E-state index contributed by atoms with van der Waals surface area (Å²) in [5.41, 5.74) is -0.930. The normalized spacial score (nSPS) is 11.6. The number of aryl methyl sites for hydroxylation is 2. The maximum absolute atomic E-state index is 12.6. The van der Waals surface area contributed by atoms with Crippen LogP contribution in [0.1, 0.15) is 27.6 Å². The third kappa shape index (κ3) is 3.78. The highest BCUT2D eigenvalue weighted by molar-refractivity contribution is 5.92. The van der Waals surface area contributed by atoms with Crippen LogP contribution in [0.3, 0.4) is 0 Å². The standard InChI is InChI=1S/C13H15F3N6O3/c1-7-11(22(24)25)8(2)21(18-7)5-4-17-12(23)9-6-10(13(14,15)16)19-20(9)3/h6H,4-5H2,1-3H3,(H,17,23). The summed E-state index contributed by atoms with van der Waals surface area (Å²) in [4.78, 5) is 22.4. The van der Waals surface area contributed by atoms with Gasteiger partial charge in [-0.2, -0.15) is 23.4 Å². The number of hydrogen-bond donors (Lipinski definition) is 1. The Kier molecular flexibility index (Phi) is 4.81. The second-order valence-electron chi connectivity index (χ2n) is 5.29. The lowest BCUT2D eigenvalue weighted by molar-refractivity contribution is -0.386. The fourth-order valence-electron chi connectivity index (χ4n) is 2.35. The molecule has 0 bridgehead atoms. The number of halogens is 3. The Labute approximate surface area is 139 Å². The van der Waals surface area contributed by atoms with Crippen LogP contribution in [0, 0.1) is 24.0 Å². The third-order valence-corrected chi connectivity index (χ3v) is 3.54. The van der Waals surface area contributed by atoms with E-state index >= 15 is 0 Å². The summed E-state index contributed by atoms with van der Waals surface area (Å²) in [7, 11) is 1.23. The van der Waals surface area contributed by atoms with Crippen molar-refractivity contribution < 1.29 is 22.9 Å². The van der Waals surface area contributed by atoms with Crippen LogP contribution in [0.15, 0.2) is 6.07 Å². The number of alkyl halides is 3. The molecule has 0 fully saturated rings. The molecule has 12 heteroatoms. The highest BCUT2D eigenvalue weighted by Gasteiger charge is 2.35. The van der Waals surface area contributed by atoms with Crippen molar-refractivity contribution in [2.24, 2.45) is 7.05 Å². The summed E-state index contributed by atoms with van der Waals surface area (Å²) in [6.45, 7) is 3.19. The molecule has 0 aromatic carbocycles. The third-order valence-electron chi connectivity index (χ3n) is 3.54. The molecule has 136 valence electrons. The minimum absolute atomic E-state index is 0.0322. The van der Waals surface area contributed by atoms with E-state index in [0.29, 0.717) is 11.8 Å². The van der Waals surface area contributed by atoms with Crippen LogP contribution < -0.4 is 5.32 Å². The Balaban J connectivity index is 2.03. The highest BCUT2D eigenvalue weighted by atomic mass is 19.4. The van der Waals surface area contributed by atoms with Gasteiger partial charge in [-0.15, -0.1) is 0 Å². The van der Waals surface area contributed by atoms with Gasteiger partial charge in [-0.05, 0) is 13.8 Å². The van der Waals surface area contributed by atoms with Gasteiger partial charge in [0.15, 0.2) is 5.69 Å². The Morgan fingerprint density at radius 3 is 2.48 bits per heavy atom. The van der Waals surface area contributed by atoms with E-state index < -0.39 is 22.7 Å². The lowest BCUT2D eigenvalue weighted by Crippen LogP contribution is -2.29. The summed E-state index contributed by atoms with van der Waals surface area (Å²) < 4.78 is 40.0. The summed E-state index contributed by atoms with van der Waals surface area (Å²) in [5.74, 6) is -0.735. The quantitative estimate of drug-likeness (QED) is 0.643. The molecule has 0 aliphatic heterocycles. The molecule has 2 aromatic rings. The highest BCUT2D eigenvalue weighted by Crippen LogP contribution is 2.28. The maximum atomic E-state index is 12.6. The number of carbonyl (C=O) groups excluding carboxylic acids is 1. The zero-order valence-electron chi connectivity index (χ0n) is 13.6. The first-order chi connectivity index (χ1) is 11.5. The second-order valence-corrected chi connectivity index (χ2v) is 5.29. The monoisotopic (exact) mass is 360 g/mol. The molecule has 0 aliphatic rings. The van der Waals surface area contributed by atoms with Gasteiger partial charge >= 0.3 is 11.9 Å². The molecule has 0 saturated heterocycles. The average Bonchev–Trinajstić information content (AvgIpc) is 2.99. The van der Waals surface area contributed by atoms with Crippen LogP contribution in [-0.2, 0) is 19.8 Å². The molecular formula is C13H15F3N6O3. The van der Waals surface area contributed by atoms with E-state index in [1.54, 1.807) is 0 Å². The molecule has 0 aliphatic carbocycles. The Bertz CT molecular complexity index is 824. The number of nitrogens with zero attached hydrogens (tertiary/aromatic N) is 5. The number of hydrogen-bond acceptors (Lipinski definition) is 5. The first kappa shape index (κ1) is 18.4. The van der Waals surface area contributed by atoms with E-state index in [9.17, 15) is 28.1 Å². The molecule has 1 N–H and O–H groups in total. The van der Waals surface area contributed by atoms with Crippen LogP contribution in [0.25, 0.3) is 0 Å². The molecule has 2 rings (SSSR count). The van der Waals surface area contributed by atoms with Crippen LogP contribution in [0.2, 0.25) is 0 Å². The Morgan fingerprint density at radius 2 is 2.00 bits per heavy atom. The van der Waals surface area contributed by atoms with Crippen molar-refractivity contribution >= 4 is 11.6 Å². The van der Waals surface area contributed by atoms with E-state index in [0.717, 1.165) is 4.68 Å². The van der Waals surface area contributed by atoms with Crippen molar-refractivity contribution in [2.75, 3.05) is 6.54 Å². The number of aromatic nitrogens is 4. The number of carbonyl (C=O) groups is 1. The lowest BCUT2D eigenvalue weighted by atomic mass is 10.3. The fourth-order valence-corrected chi connectivity index (χ4v) is 2.35. The zero-order chi connectivity index (χ0) is 18.9. The van der Waals surface area contributed by atoms with E-state index in [2.05, 4.69) is 15.5 Å². The molecule has 0 atom stereocenters. The predicted molar refractivity (Wildman–Crippen MR) is 78.9 cm³/mol. The van der Waals surface area contributed by atoms with Gasteiger partial charge in [0, 0.05) is 19.7 Å². The summed E-state index contributed by atoms with van der Waals surface area (Å²) >= 11 is 0. The number of rotatable bonds is 5. The van der Waals surface area contributed by atoms with Gasteiger partial charge in [0.2, 0.25) is 0 Å². The first-order valence-corrected chi connectivity index (χ1v) is 7.10. The molecule has 0 radical (unpaired) electrons. The smallest absolute Gasteiger partial charge is 0.349 e. The molecule has 0 saturated carbocycles. The first-order valence-electron chi connectivity index (χ1n) is 7.10. The second kappa shape index (κ2) is 6.53. The van der Waals surface area contributed by atoms with E-state index in [1.807, 2.05) is 0 Å². The van der Waals surface area contributed by atoms with Crippen LogP contribution >= 0.6 is 0 Å². The van der Waals surface area contributed by atoms with Crippen molar-refractivity contribution in [1.82, 2.24) is 24.9 Å². The summed E-state index contributed by atoms with van der Waals surface area (Å²) in [6.07, 6.45) is -4.64. The van der Waals surface area contributed by atoms with Crippen LogP contribution in [0.5, 0.6) is 0 Å². The summed E-state index contributed by atoms with van der Waals surface area (Å²) in [6, 6.07) is 0.656. The maximum Gasteiger partial charge on any atom is 0.435 e. The largest absolute Gasteiger partial charge is 0.435 e. The molecule has 2 heterocycles. The van der Waals surface area contributed by atoms with Gasteiger partial charge in [0.05, 0.1) is 11.5 Å². The molecule has 1 amide bonds. The lowest BCUT2D eigenvalue weighted by Gasteiger charge is -2.06. The zero-order valence-corrected chi connectivity index (χ0v) is 13.6. The van der Waals surface area contributed by atoms with E-state index in [-0.39, 0.29) is 30.2 Å². The SMILES string of the molecule is Cc1nn(CCNC(=O)c2cc(C(F)(F)F)nn2C)c(C)c1[N+](=O)[O-]. The molecular weight excluding hydrogens is 345 g/mol. The van der Waals surface area contributed by atoms with Crippen LogP contribution in [-0.4, -0.2) is 36.9 Å². The average molecular weight is 360 g/mol. The number of nitrogens with one attached hydrogen (secondary N) is 1. The van der Waals surface area contributed by atoms with Gasteiger partial charge in [-0.3, -0.25) is 24.3 Å². The van der Waals surface area contributed by atoms with Crippen molar-refractivity contribution in [3.8, 4) is 0 Å². The van der Waals surface area contributed by atoms with Crippen molar-refractivity contribution in [1.29, 1.82) is 0 Å².